The van der Waals surface area contributed by atoms with Crippen molar-refractivity contribution in [1.82, 2.24) is 10.2 Å². The fraction of sp³-hybridized carbons (Fsp3) is 0.351. The minimum absolute atomic E-state index is 0.110. The molecule has 6 rings (SSSR count). The van der Waals surface area contributed by atoms with Gasteiger partial charge < -0.3 is 43.2 Å². The summed E-state index contributed by atoms with van der Waals surface area (Å²) in [5, 5.41) is 37.4. The van der Waals surface area contributed by atoms with Gasteiger partial charge in [0.15, 0.2) is 34.5 Å². The standard InChI is InChI=1S/C37H38FN7O8/c1-45(2)30-28(48)25(33(41)51)31(49)35(15-39)32(50)26-27(47)24-21(46)9-8-19(23(24)29(40)36(26,42)34(52)37(30,35)43)20-12-17(7-10-22(20)53-3)14-44-13-16-5-4-6-18(38)11-16/h4-12,25-26,29-30,34,44,46,52H,13-14,40,42-43H2,1-3H3,(H2,41,51)/t25?,26?,29-,30+,34-,35-,36+,37-/m0/s1. The summed E-state index contributed by atoms with van der Waals surface area (Å²) in [7, 11) is 4.02. The molecule has 16 heteroatoms. The number of ketones is 4. The number of halogens is 1. The van der Waals surface area contributed by atoms with E-state index in [1.165, 1.54) is 45.5 Å². The number of fused-ring (bicyclic) bond motifs is 3. The molecule has 0 aliphatic heterocycles. The number of rotatable bonds is 8. The van der Waals surface area contributed by atoms with Crippen LogP contribution >= 0.6 is 0 Å². The van der Waals surface area contributed by atoms with Gasteiger partial charge >= 0.3 is 0 Å². The van der Waals surface area contributed by atoms with Crippen LogP contribution in [0.5, 0.6) is 11.5 Å². The van der Waals surface area contributed by atoms with E-state index in [-0.39, 0.29) is 16.9 Å². The summed E-state index contributed by atoms with van der Waals surface area (Å²) in [5.41, 5.74) is 18.9. The van der Waals surface area contributed by atoms with Crippen LogP contribution in [-0.2, 0) is 32.3 Å². The number of Topliss-reactive ketones (excluding diaryl/α,β-unsaturated/α-hetero) is 4. The van der Waals surface area contributed by atoms with Gasteiger partial charge in [-0.15, -0.1) is 0 Å². The zero-order valence-corrected chi connectivity index (χ0v) is 28.9. The lowest BCUT2D eigenvalue weighted by Gasteiger charge is -2.64. The van der Waals surface area contributed by atoms with Crippen LogP contribution in [0.1, 0.15) is 33.1 Å². The Labute approximate surface area is 302 Å². The number of hydrogen-bond acceptors (Lipinski definition) is 14. The first-order valence-corrected chi connectivity index (χ1v) is 16.5. The smallest absolute Gasteiger partial charge is 0.235 e. The third kappa shape index (κ3) is 4.97. The summed E-state index contributed by atoms with van der Waals surface area (Å²) in [6.07, 6.45) is -2.41. The van der Waals surface area contributed by atoms with E-state index in [4.69, 9.17) is 27.7 Å². The van der Waals surface area contributed by atoms with Crippen LogP contribution in [-0.4, -0.2) is 88.6 Å². The lowest BCUT2D eigenvalue weighted by atomic mass is 9.41. The van der Waals surface area contributed by atoms with Gasteiger partial charge in [-0.1, -0.05) is 24.3 Å². The lowest BCUT2D eigenvalue weighted by Crippen LogP contribution is -2.92. The molecule has 3 aliphatic rings. The molecule has 1 amide bonds. The van der Waals surface area contributed by atoms with Crippen molar-refractivity contribution >= 4 is 29.0 Å². The number of aliphatic hydroxyl groups is 1. The summed E-state index contributed by atoms with van der Waals surface area (Å²) >= 11 is 0. The highest BCUT2D eigenvalue weighted by molar-refractivity contribution is 6.33. The first-order valence-electron chi connectivity index (χ1n) is 16.5. The van der Waals surface area contributed by atoms with Crippen molar-refractivity contribution < 1.29 is 43.3 Å². The molecule has 0 bridgehead atoms. The fourth-order valence-electron chi connectivity index (χ4n) is 8.61. The maximum Gasteiger partial charge on any atom is 0.235 e. The third-order valence-corrected chi connectivity index (χ3v) is 11.0. The maximum absolute atomic E-state index is 14.8. The molecule has 2 saturated carbocycles. The van der Waals surface area contributed by atoms with Gasteiger partial charge in [-0.05, 0) is 66.7 Å². The predicted octanol–water partition coefficient (Wildman–Crippen LogP) is -0.659. The first-order chi connectivity index (χ1) is 24.9. The lowest BCUT2D eigenvalue weighted by molar-refractivity contribution is -0.181. The van der Waals surface area contributed by atoms with Crippen molar-refractivity contribution in [3.63, 3.8) is 0 Å². The van der Waals surface area contributed by atoms with Crippen molar-refractivity contribution in [2.75, 3.05) is 21.2 Å². The van der Waals surface area contributed by atoms with Crippen molar-refractivity contribution in [2.24, 2.45) is 40.2 Å². The molecule has 11 N–H and O–H groups in total. The number of amides is 1. The number of hydrogen-bond donors (Lipinski definition) is 7. The molecular weight excluding hydrogens is 689 g/mol. The van der Waals surface area contributed by atoms with Gasteiger partial charge in [0, 0.05) is 18.7 Å². The molecule has 2 unspecified atom stereocenters. The molecule has 3 aromatic carbocycles. The number of carbonyl (C=O) groups is 5. The number of nitrogens with one attached hydrogen (secondary N) is 1. The van der Waals surface area contributed by atoms with E-state index in [2.05, 4.69) is 5.32 Å². The van der Waals surface area contributed by atoms with Crippen LogP contribution in [0.3, 0.4) is 0 Å². The van der Waals surface area contributed by atoms with E-state index in [9.17, 15) is 43.8 Å². The highest BCUT2D eigenvalue weighted by Crippen LogP contribution is 2.59. The molecule has 0 spiro atoms. The highest BCUT2D eigenvalue weighted by atomic mass is 19.1. The SMILES string of the molecule is COc1ccc(CNCc2cccc(F)c2)cc1-c1ccc(O)c2c1[C@H](N)[C@]1(N)C(C2=O)C(=O)[C@]2(C#N)C(=O)C(C(N)=O)C(=O)[C@@H](N(C)C)[C@]2(N)[C@H]1O. The van der Waals surface area contributed by atoms with Crippen LogP contribution in [0.4, 0.5) is 4.39 Å². The van der Waals surface area contributed by atoms with Crippen molar-refractivity contribution in [1.29, 1.82) is 5.26 Å². The van der Waals surface area contributed by atoms with Gasteiger partial charge in [0.05, 0.1) is 48.0 Å². The zero-order chi connectivity index (χ0) is 38.9. The molecular formula is C37H38FN7O8. The molecule has 8 atom stereocenters. The van der Waals surface area contributed by atoms with E-state index in [0.717, 1.165) is 4.90 Å². The number of ether oxygens (including phenoxy) is 1. The maximum atomic E-state index is 14.8. The van der Waals surface area contributed by atoms with E-state index < -0.39 is 86.9 Å². The third-order valence-electron chi connectivity index (χ3n) is 11.0. The molecule has 276 valence electrons. The normalized spacial score (nSPS) is 30.7. The van der Waals surface area contributed by atoms with Crippen LogP contribution in [0, 0.1) is 34.4 Å². The Morgan fingerprint density at radius 3 is 2.26 bits per heavy atom. The van der Waals surface area contributed by atoms with Gasteiger partial charge in [0.2, 0.25) is 5.91 Å². The number of methoxy groups -OCH3 is 1. The Bertz CT molecular complexity index is 2160. The number of nitrogens with two attached hydrogens (primary N) is 4. The first kappa shape index (κ1) is 37.4. The number of aromatic hydroxyl groups is 1. The summed E-state index contributed by atoms with van der Waals surface area (Å²) in [6.45, 7) is 0.626. The average Bonchev–Trinajstić information content (AvgIpc) is 3.09. The molecule has 53 heavy (non-hydrogen) atoms. The van der Waals surface area contributed by atoms with Crippen LogP contribution in [0.15, 0.2) is 54.6 Å². The second-order valence-electron chi connectivity index (χ2n) is 14.0. The molecule has 2 fully saturated rings. The van der Waals surface area contributed by atoms with Gasteiger partial charge in [-0.3, -0.25) is 28.9 Å². The number of phenolic OH excluding ortho intramolecular Hbond substituents is 1. The number of phenols is 1. The van der Waals surface area contributed by atoms with E-state index >= 15 is 0 Å². The molecule has 0 aromatic heterocycles. The zero-order valence-electron chi connectivity index (χ0n) is 28.9. The van der Waals surface area contributed by atoms with E-state index in [0.29, 0.717) is 35.5 Å². The Morgan fingerprint density at radius 2 is 1.68 bits per heavy atom. The van der Waals surface area contributed by atoms with E-state index in [1.54, 1.807) is 36.4 Å². The van der Waals surface area contributed by atoms with Gasteiger partial charge in [0.25, 0.3) is 0 Å². The Balaban J connectivity index is 1.53. The summed E-state index contributed by atoms with van der Waals surface area (Å²) in [5.74, 6) is -12.2. The van der Waals surface area contributed by atoms with Gasteiger partial charge in [-0.2, -0.15) is 5.26 Å². The number of aliphatic hydroxyl groups excluding tert-OH is 1. The molecule has 3 aliphatic carbocycles. The number of carbonyl (C=O) groups excluding carboxylic acids is 5. The average molecular weight is 728 g/mol. The minimum atomic E-state index is -3.18. The molecule has 15 nitrogen and oxygen atoms in total. The minimum Gasteiger partial charge on any atom is -0.507 e. The quantitative estimate of drug-likeness (QED) is 0.142. The number of benzene rings is 3. The number of nitriles is 1. The topological polar surface area (TPSA) is 278 Å². The largest absolute Gasteiger partial charge is 0.507 e. The van der Waals surface area contributed by atoms with Crippen LogP contribution in [0.25, 0.3) is 11.1 Å². The highest BCUT2D eigenvalue weighted by Gasteiger charge is 2.83. The van der Waals surface area contributed by atoms with Crippen LogP contribution in [0.2, 0.25) is 0 Å². The summed E-state index contributed by atoms with van der Waals surface area (Å²) in [4.78, 5) is 70.8. The van der Waals surface area contributed by atoms with Crippen molar-refractivity contribution in [3.05, 3.63) is 82.7 Å². The molecule has 3 aromatic rings. The number of primary amides is 1. The van der Waals surface area contributed by atoms with Gasteiger partial charge in [-0.25, -0.2) is 4.39 Å². The Hall–Kier alpha value is -5.41. The molecule has 0 heterocycles. The summed E-state index contributed by atoms with van der Waals surface area (Å²) < 4.78 is 19.4. The second-order valence-corrected chi connectivity index (χ2v) is 14.0. The van der Waals surface area contributed by atoms with Crippen LogP contribution < -0.4 is 33.0 Å². The number of likely N-dealkylation sites (N-methyl/N-ethyl adjacent to an activating group) is 1. The number of nitrogens with zero attached hydrogens (tertiary/aromatic N) is 2. The Morgan fingerprint density at radius 1 is 1.02 bits per heavy atom. The molecule has 0 radical (unpaired) electrons. The van der Waals surface area contributed by atoms with Crippen molar-refractivity contribution in [2.45, 2.75) is 42.4 Å². The fourth-order valence-corrected chi connectivity index (χ4v) is 8.61. The van der Waals surface area contributed by atoms with Gasteiger partial charge in [0.1, 0.15) is 23.2 Å². The Kier molecular flexibility index (Phi) is 9.10. The second kappa shape index (κ2) is 12.9. The monoisotopic (exact) mass is 727 g/mol. The summed E-state index contributed by atoms with van der Waals surface area (Å²) in [6, 6.07) is 11.8. The van der Waals surface area contributed by atoms with Crippen molar-refractivity contribution in [3.8, 4) is 28.7 Å². The predicted molar refractivity (Wildman–Crippen MR) is 185 cm³/mol. The molecule has 0 saturated heterocycles. The van der Waals surface area contributed by atoms with E-state index in [1.807, 2.05) is 0 Å².